The molecule has 0 radical (unpaired) electrons. The molecule has 0 atom stereocenters. The van der Waals surface area contributed by atoms with Gasteiger partial charge in [-0.25, -0.2) is 4.79 Å². The molecule has 2 amide bonds. The molecule has 0 fully saturated rings. The highest BCUT2D eigenvalue weighted by Crippen LogP contribution is 2.33. The first-order valence-electron chi connectivity index (χ1n) is 7.95. The number of aryl methyl sites for hydroxylation is 1. The number of carbonyl (C=O) groups is 1. The van der Waals surface area contributed by atoms with Crippen molar-refractivity contribution >= 4 is 23.5 Å². The summed E-state index contributed by atoms with van der Waals surface area (Å²) in [5, 5.41) is 2.98. The maximum Gasteiger partial charge on any atom is 0.321 e. The molecule has 0 spiro atoms. The van der Waals surface area contributed by atoms with Crippen molar-refractivity contribution in [2.45, 2.75) is 43.9 Å². The van der Waals surface area contributed by atoms with Crippen molar-refractivity contribution in [2.24, 2.45) is 0 Å². The Labute approximate surface area is 148 Å². The van der Waals surface area contributed by atoms with E-state index in [1.165, 1.54) is 4.90 Å². The Bertz CT molecular complexity index is 696. The third-order valence-electron chi connectivity index (χ3n) is 3.38. The lowest BCUT2D eigenvalue weighted by atomic mass is 10.2. The zero-order chi connectivity index (χ0) is 17.7. The molecule has 4 nitrogen and oxygen atoms in total. The van der Waals surface area contributed by atoms with Crippen molar-refractivity contribution in [3.63, 3.8) is 0 Å². The van der Waals surface area contributed by atoms with E-state index in [9.17, 15) is 4.79 Å². The molecule has 1 aromatic carbocycles. The van der Waals surface area contributed by atoms with Crippen LogP contribution in [0.5, 0.6) is 0 Å². The normalized spacial score (nSPS) is 11.2. The molecular formula is C19H25N3OS. The van der Waals surface area contributed by atoms with Crippen molar-refractivity contribution in [3.8, 4) is 0 Å². The van der Waals surface area contributed by atoms with Gasteiger partial charge in [-0.2, -0.15) is 0 Å². The van der Waals surface area contributed by atoms with Crippen LogP contribution < -0.4 is 5.32 Å². The fourth-order valence-corrected chi connectivity index (χ4v) is 3.32. The highest BCUT2D eigenvalue weighted by Gasteiger charge is 2.14. The van der Waals surface area contributed by atoms with E-state index in [-0.39, 0.29) is 10.8 Å². The predicted octanol–water partition coefficient (Wildman–Crippen LogP) is 4.94. The van der Waals surface area contributed by atoms with Gasteiger partial charge in [0.05, 0.1) is 0 Å². The van der Waals surface area contributed by atoms with Crippen LogP contribution in [0.4, 0.5) is 10.5 Å². The zero-order valence-electron chi connectivity index (χ0n) is 15.0. The number of urea groups is 1. The van der Waals surface area contributed by atoms with Gasteiger partial charge in [0, 0.05) is 41.3 Å². The fraction of sp³-hybridized carbons (Fsp3) is 0.368. The zero-order valence-corrected chi connectivity index (χ0v) is 15.8. The molecule has 1 N–H and O–H groups in total. The third kappa shape index (κ3) is 5.57. The molecular weight excluding hydrogens is 318 g/mol. The smallest absolute Gasteiger partial charge is 0.321 e. The molecule has 0 aliphatic heterocycles. The van der Waals surface area contributed by atoms with E-state index < -0.39 is 0 Å². The quantitative estimate of drug-likeness (QED) is 0.799. The van der Waals surface area contributed by atoms with Gasteiger partial charge in [-0.3, -0.25) is 4.98 Å². The lowest BCUT2D eigenvalue weighted by Crippen LogP contribution is -2.31. The van der Waals surface area contributed by atoms with Gasteiger partial charge in [0.1, 0.15) is 0 Å². The number of hydrogen-bond acceptors (Lipinski definition) is 3. The highest BCUT2D eigenvalue weighted by atomic mass is 32.2. The number of hydrogen-bond donors (Lipinski definition) is 1. The maximum atomic E-state index is 12.4. The van der Waals surface area contributed by atoms with Crippen molar-refractivity contribution in [1.29, 1.82) is 0 Å². The van der Waals surface area contributed by atoms with Crippen LogP contribution in [0.3, 0.4) is 0 Å². The number of rotatable bonds is 4. The average Bonchev–Trinajstić information content (AvgIpc) is 2.49. The molecule has 0 aliphatic rings. The summed E-state index contributed by atoms with van der Waals surface area (Å²) in [5.74, 6) is 0. The number of nitrogens with one attached hydrogen (secondary N) is 1. The van der Waals surface area contributed by atoms with Crippen molar-refractivity contribution in [1.82, 2.24) is 9.88 Å². The summed E-state index contributed by atoms with van der Waals surface area (Å²) in [6.45, 7) is 9.14. The van der Waals surface area contributed by atoms with Crippen LogP contribution in [0.1, 0.15) is 31.9 Å². The molecule has 2 aromatic rings. The first-order chi connectivity index (χ1) is 11.2. The number of amides is 2. The van der Waals surface area contributed by atoms with Gasteiger partial charge in [0.25, 0.3) is 0 Å². The number of anilines is 1. The monoisotopic (exact) mass is 343 g/mol. The van der Waals surface area contributed by atoms with Crippen LogP contribution in [-0.2, 0) is 6.54 Å². The summed E-state index contributed by atoms with van der Waals surface area (Å²) in [7, 11) is 1.79. The average molecular weight is 343 g/mol. The first-order valence-corrected chi connectivity index (χ1v) is 8.77. The molecule has 128 valence electrons. The summed E-state index contributed by atoms with van der Waals surface area (Å²) in [4.78, 5) is 19.2. The fourth-order valence-electron chi connectivity index (χ4n) is 2.24. The van der Waals surface area contributed by atoms with Gasteiger partial charge in [-0.15, -0.1) is 11.8 Å². The largest absolute Gasteiger partial charge is 0.323 e. The van der Waals surface area contributed by atoms with Crippen LogP contribution in [-0.4, -0.2) is 27.7 Å². The minimum atomic E-state index is -0.119. The summed E-state index contributed by atoms with van der Waals surface area (Å²) in [6.07, 6.45) is 3.47. The van der Waals surface area contributed by atoms with Crippen LogP contribution in [0.25, 0.3) is 0 Å². The number of carbonyl (C=O) groups excluding carboxylic acids is 1. The van der Waals surface area contributed by atoms with Crippen LogP contribution in [0, 0.1) is 6.92 Å². The molecule has 1 aromatic heterocycles. The van der Waals surface area contributed by atoms with Gasteiger partial charge < -0.3 is 10.2 Å². The molecule has 0 unspecified atom stereocenters. The Morgan fingerprint density at radius 1 is 1.21 bits per heavy atom. The lowest BCUT2D eigenvalue weighted by molar-refractivity contribution is 0.220. The molecule has 1 heterocycles. The molecule has 24 heavy (non-hydrogen) atoms. The first kappa shape index (κ1) is 18.3. The molecule has 0 saturated heterocycles. The third-order valence-corrected chi connectivity index (χ3v) is 4.48. The van der Waals surface area contributed by atoms with Crippen LogP contribution >= 0.6 is 11.8 Å². The summed E-state index contributed by atoms with van der Waals surface area (Å²) in [5.41, 5.74) is 2.96. The number of aromatic nitrogens is 1. The lowest BCUT2D eigenvalue weighted by Gasteiger charge is -2.20. The van der Waals surface area contributed by atoms with E-state index >= 15 is 0 Å². The Balaban J connectivity index is 2.01. The SMILES string of the molecule is Cc1cc(SC(C)(C)C)ccc1NC(=O)N(C)Cc1ccncc1. The highest BCUT2D eigenvalue weighted by molar-refractivity contribution is 8.00. The summed E-state index contributed by atoms with van der Waals surface area (Å²) >= 11 is 1.82. The molecule has 5 heteroatoms. The minimum Gasteiger partial charge on any atom is -0.323 e. The van der Waals surface area contributed by atoms with E-state index in [2.05, 4.69) is 43.2 Å². The van der Waals surface area contributed by atoms with Crippen molar-refractivity contribution in [3.05, 3.63) is 53.9 Å². The summed E-state index contributed by atoms with van der Waals surface area (Å²) in [6, 6.07) is 9.85. The Morgan fingerprint density at radius 3 is 2.46 bits per heavy atom. The maximum absolute atomic E-state index is 12.4. The standard InChI is InChI=1S/C19H25N3OS/c1-14-12-16(24-19(2,3)4)6-7-17(14)21-18(23)22(5)13-15-8-10-20-11-9-15/h6-12H,13H2,1-5H3,(H,21,23). The summed E-state index contributed by atoms with van der Waals surface area (Å²) < 4.78 is 0.169. The topological polar surface area (TPSA) is 45.2 Å². The van der Waals surface area contributed by atoms with Crippen LogP contribution in [0.2, 0.25) is 0 Å². The van der Waals surface area contributed by atoms with E-state index in [0.29, 0.717) is 6.54 Å². The molecule has 2 rings (SSSR count). The molecule has 0 saturated carbocycles. The van der Waals surface area contributed by atoms with E-state index in [1.807, 2.05) is 36.9 Å². The number of benzene rings is 1. The predicted molar refractivity (Wildman–Crippen MR) is 102 cm³/mol. The Morgan fingerprint density at radius 2 is 1.88 bits per heavy atom. The van der Waals surface area contributed by atoms with E-state index in [4.69, 9.17) is 0 Å². The molecule has 0 bridgehead atoms. The van der Waals surface area contributed by atoms with Gasteiger partial charge >= 0.3 is 6.03 Å². The second-order valence-corrected chi connectivity index (χ2v) is 8.73. The van der Waals surface area contributed by atoms with Gasteiger partial charge in [-0.1, -0.05) is 20.8 Å². The van der Waals surface area contributed by atoms with E-state index in [0.717, 1.165) is 16.8 Å². The Hall–Kier alpha value is -2.01. The minimum absolute atomic E-state index is 0.119. The number of pyridine rings is 1. The van der Waals surface area contributed by atoms with Crippen molar-refractivity contribution in [2.75, 3.05) is 12.4 Å². The number of nitrogens with zero attached hydrogens (tertiary/aromatic N) is 2. The van der Waals surface area contributed by atoms with Gasteiger partial charge in [0.15, 0.2) is 0 Å². The van der Waals surface area contributed by atoms with Gasteiger partial charge in [-0.05, 0) is 48.4 Å². The second kappa shape index (κ2) is 7.71. The van der Waals surface area contributed by atoms with Crippen molar-refractivity contribution < 1.29 is 4.79 Å². The Kier molecular flexibility index (Phi) is 5.89. The second-order valence-electron chi connectivity index (χ2n) is 6.83. The van der Waals surface area contributed by atoms with Crippen LogP contribution in [0.15, 0.2) is 47.6 Å². The number of thioether (sulfide) groups is 1. The van der Waals surface area contributed by atoms with E-state index in [1.54, 1.807) is 24.3 Å². The van der Waals surface area contributed by atoms with Gasteiger partial charge in [0.2, 0.25) is 0 Å². The molecule has 0 aliphatic carbocycles.